The van der Waals surface area contributed by atoms with Gasteiger partial charge < -0.3 is 14.7 Å². The van der Waals surface area contributed by atoms with Crippen LogP contribution in [-0.2, 0) is 19.4 Å². The number of amides is 1. The highest BCUT2D eigenvalue weighted by Gasteiger charge is 2.40. The Labute approximate surface area is 143 Å². The Hall–Kier alpha value is -2.53. The first-order valence-electron chi connectivity index (χ1n) is 7.10. The van der Waals surface area contributed by atoms with Gasteiger partial charge in [0.15, 0.2) is 9.84 Å². The number of rotatable bonds is 5. The number of nitro benzene ring substituents is 1. The highest BCUT2D eigenvalue weighted by Crippen LogP contribution is 2.26. The standard InChI is InChI=1S/C14H16N2O8S/c1-24-10-6-12(14(18)19)15(7-10)13(17)8-3-9(16(20)21)5-11(4-8)25(2,22)23/h3-5,10,12H,6-7H2,1-2H3,(H,18,19). The number of benzene rings is 1. The zero-order chi connectivity index (χ0) is 18.9. The van der Waals surface area contributed by atoms with E-state index in [9.17, 15) is 33.2 Å². The largest absolute Gasteiger partial charge is 0.480 e. The first-order chi connectivity index (χ1) is 11.5. The van der Waals surface area contributed by atoms with Crippen molar-refractivity contribution in [3.05, 3.63) is 33.9 Å². The fraction of sp³-hybridized carbons (Fsp3) is 0.429. The number of likely N-dealkylation sites (tertiary alicyclic amines) is 1. The summed E-state index contributed by atoms with van der Waals surface area (Å²) in [6.07, 6.45) is 0.445. The van der Waals surface area contributed by atoms with Crippen LogP contribution in [0, 0.1) is 10.1 Å². The van der Waals surface area contributed by atoms with Crippen molar-refractivity contribution in [2.45, 2.75) is 23.5 Å². The molecule has 25 heavy (non-hydrogen) atoms. The number of carbonyl (C=O) groups is 2. The van der Waals surface area contributed by atoms with E-state index >= 15 is 0 Å². The van der Waals surface area contributed by atoms with Crippen LogP contribution in [0.1, 0.15) is 16.8 Å². The predicted octanol–water partition coefficient (Wildman–Crippen LogP) is 0.312. The lowest BCUT2D eigenvalue weighted by Crippen LogP contribution is -2.40. The van der Waals surface area contributed by atoms with E-state index in [1.807, 2.05) is 0 Å². The number of methoxy groups -OCH3 is 1. The molecule has 2 unspecified atom stereocenters. The molecule has 1 aliphatic rings. The lowest BCUT2D eigenvalue weighted by Gasteiger charge is -2.21. The van der Waals surface area contributed by atoms with Crippen LogP contribution >= 0.6 is 0 Å². The van der Waals surface area contributed by atoms with E-state index < -0.39 is 44.5 Å². The summed E-state index contributed by atoms with van der Waals surface area (Å²) in [5.41, 5.74) is -0.835. The first kappa shape index (κ1) is 18.8. The van der Waals surface area contributed by atoms with Crippen LogP contribution in [0.3, 0.4) is 0 Å². The minimum Gasteiger partial charge on any atom is -0.480 e. The highest BCUT2D eigenvalue weighted by atomic mass is 32.2. The number of nitro groups is 1. The van der Waals surface area contributed by atoms with Crippen molar-refractivity contribution in [3.63, 3.8) is 0 Å². The summed E-state index contributed by atoms with van der Waals surface area (Å²) >= 11 is 0. The van der Waals surface area contributed by atoms with Crippen molar-refractivity contribution in [3.8, 4) is 0 Å². The molecule has 1 aromatic carbocycles. The number of carbonyl (C=O) groups excluding carboxylic acids is 1. The third-order valence-corrected chi connectivity index (χ3v) is 5.01. The van der Waals surface area contributed by atoms with Crippen LogP contribution in [0.25, 0.3) is 0 Å². The van der Waals surface area contributed by atoms with E-state index in [1.54, 1.807) is 0 Å². The fourth-order valence-corrected chi connectivity index (χ4v) is 3.29. The molecule has 1 heterocycles. The normalized spacial score (nSPS) is 20.5. The molecule has 0 bridgehead atoms. The van der Waals surface area contributed by atoms with Crippen LogP contribution in [0.4, 0.5) is 5.69 Å². The highest BCUT2D eigenvalue weighted by molar-refractivity contribution is 7.90. The summed E-state index contributed by atoms with van der Waals surface area (Å²) in [6.45, 7) is -0.0107. The predicted molar refractivity (Wildman–Crippen MR) is 84.1 cm³/mol. The molecule has 1 N–H and O–H groups in total. The van der Waals surface area contributed by atoms with Gasteiger partial charge in [-0.2, -0.15) is 0 Å². The van der Waals surface area contributed by atoms with E-state index in [4.69, 9.17) is 4.74 Å². The van der Waals surface area contributed by atoms with Gasteiger partial charge >= 0.3 is 5.97 Å². The number of hydrogen-bond acceptors (Lipinski definition) is 7. The Morgan fingerprint density at radius 3 is 2.48 bits per heavy atom. The molecular weight excluding hydrogens is 356 g/mol. The molecule has 0 aliphatic carbocycles. The monoisotopic (exact) mass is 372 g/mol. The van der Waals surface area contributed by atoms with Crippen molar-refractivity contribution >= 4 is 27.4 Å². The van der Waals surface area contributed by atoms with Crippen molar-refractivity contribution in [1.29, 1.82) is 0 Å². The third-order valence-electron chi connectivity index (χ3n) is 3.92. The van der Waals surface area contributed by atoms with Gasteiger partial charge in [-0.3, -0.25) is 14.9 Å². The summed E-state index contributed by atoms with van der Waals surface area (Å²) in [4.78, 5) is 34.9. The van der Waals surface area contributed by atoms with E-state index in [2.05, 4.69) is 0 Å². The molecule has 1 aromatic rings. The smallest absolute Gasteiger partial charge is 0.326 e. The number of carboxylic acids is 1. The molecule has 0 radical (unpaired) electrons. The average Bonchev–Trinajstić information content (AvgIpc) is 2.97. The van der Waals surface area contributed by atoms with Crippen LogP contribution in [-0.4, -0.2) is 67.3 Å². The molecule has 2 atom stereocenters. The quantitative estimate of drug-likeness (QED) is 0.574. The number of sulfone groups is 1. The number of nitrogens with zero attached hydrogens (tertiary/aromatic N) is 2. The van der Waals surface area contributed by atoms with Crippen LogP contribution < -0.4 is 0 Å². The number of hydrogen-bond donors (Lipinski definition) is 1. The second-order valence-electron chi connectivity index (χ2n) is 5.65. The zero-order valence-electron chi connectivity index (χ0n) is 13.4. The van der Waals surface area contributed by atoms with E-state index in [-0.39, 0.29) is 23.4 Å². The second-order valence-corrected chi connectivity index (χ2v) is 7.67. The van der Waals surface area contributed by atoms with Gasteiger partial charge in [0, 0.05) is 44.0 Å². The maximum Gasteiger partial charge on any atom is 0.326 e. The minimum absolute atomic E-state index is 0.0107. The average molecular weight is 372 g/mol. The summed E-state index contributed by atoms with van der Waals surface area (Å²) in [7, 11) is -2.42. The van der Waals surface area contributed by atoms with Gasteiger partial charge in [-0.15, -0.1) is 0 Å². The Bertz CT molecular complexity index is 835. The summed E-state index contributed by atoms with van der Waals surface area (Å²) < 4.78 is 28.5. The molecule has 1 fully saturated rings. The van der Waals surface area contributed by atoms with Crippen molar-refractivity contribution in [2.75, 3.05) is 19.9 Å². The zero-order valence-corrected chi connectivity index (χ0v) is 14.2. The second kappa shape index (κ2) is 6.76. The topological polar surface area (TPSA) is 144 Å². The molecule has 1 saturated heterocycles. The van der Waals surface area contributed by atoms with Gasteiger partial charge in [0.25, 0.3) is 11.6 Å². The Kier molecular flexibility index (Phi) is 5.09. The SMILES string of the molecule is COC1CC(C(=O)O)N(C(=O)c2cc([N+](=O)[O-])cc(S(C)(=O)=O)c2)C1. The maximum atomic E-state index is 12.7. The lowest BCUT2D eigenvalue weighted by atomic mass is 10.1. The number of ether oxygens (including phenoxy) is 1. The summed E-state index contributed by atoms with van der Waals surface area (Å²) in [5, 5.41) is 20.3. The molecule has 136 valence electrons. The molecular formula is C14H16N2O8S. The molecule has 0 spiro atoms. The van der Waals surface area contributed by atoms with Gasteiger partial charge in [0.1, 0.15) is 6.04 Å². The molecule has 10 nitrogen and oxygen atoms in total. The molecule has 0 saturated carbocycles. The molecule has 2 rings (SSSR count). The maximum absolute atomic E-state index is 12.7. The molecule has 11 heteroatoms. The molecule has 1 amide bonds. The number of aliphatic carboxylic acids is 1. The van der Waals surface area contributed by atoms with Crippen molar-refractivity contribution in [2.24, 2.45) is 0 Å². The van der Waals surface area contributed by atoms with Gasteiger partial charge in [-0.1, -0.05) is 0 Å². The van der Waals surface area contributed by atoms with Crippen LogP contribution in [0.15, 0.2) is 23.1 Å². The van der Waals surface area contributed by atoms with E-state index in [0.29, 0.717) is 0 Å². The fourth-order valence-electron chi connectivity index (χ4n) is 2.62. The van der Waals surface area contributed by atoms with Gasteiger partial charge in [-0.05, 0) is 6.07 Å². The summed E-state index contributed by atoms with van der Waals surface area (Å²) in [6, 6.07) is 1.63. The van der Waals surface area contributed by atoms with Crippen molar-refractivity contribution in [1.82, 2.24) is 4.90 Å². The van der Waals surface area contributed by atoms with Gasteiger partial charge in [0.05, 0.1) is 15.9 Å². The summed E-state index contributed by atoms with van der Waals surface area (Å²) in [5.74, 6) is -2.04. The first-order valence-corrected chi connectivity index (χ1v) is 9.00. The van der Waals surface area contributed by atoms with Crippen molar-refractivity contribution < 1.29 is 32.8 Å². The lowest BCUT2D eigenvalue weighted by molar-refractivity contribution is -0.385. The number of non-ortho nitro benzene ring substituents is 1. The Morgan fingerprint density at radius 2 is 2.00 bits per heavy atom. The van der Waals surface area contributed by atoms with E-state index in [0.717, 1.165) is 29.4 Å². The van der Waals surface area contributed by atoms with Gasteiger partial charge in [0.2, 0.25) is 0 Å². The van der Waals surface area contributed by atoms with Crippen LogP contribution in [0.2, 0.25) is 0 Å². The molecule has 0 aromatic heterocycles. The third kappa shape index (κ3) is 3.94. The van der Waals surface area contributed by atoms with E-state index in [1.165, 1.54) is 7.11 Å². The Balaban J connectivity index is 2.49. The number of carboxylic acid groups (broad SMARTS) is 1. The molecule has 1 aliphatic heterocycles. The van der Waals surface area contributed by atoms with Gasteiger partial charge in [-0.25, -0.2) is 13.2 Å². The van der Waals surface area contributed by atoms with Crippen LogP contribution in [0.5, 0.6) is 0 Å². The minimum atomic E-state index is -3.80. The Morgan fingerprint density at radius 1 is 1.36 bits per heavy atom.